The number of amides is 2. The number of rotatable bonds is 7. The van der Waals surface area contributed by atoms with E-state index in [2.05, 4.69) is 10.6 Å². The Bertz CT molecular complexity index is 580. The van der Waals surface area contributed by atoms with Gasteiger partial charge in [-0.3, -0.25) is 9.59 Å². The number of nitrogens with one attached hydrogen (secondary N) is 2. The fourth-order valence-electron chi connectivity index (χ4n) is 2.66. The third-order valence-electron chi connectivity index (χ3n) is 4.13. The van der Waals surface area contributed by atoms with Crippen LogP contribution in [-0.2, 0) is 14.3 Å². The molecular weight excluding hydrogens is 326 g/mol. The van der Waals surface area contributed by atoms with Crippen LogP contribution in [0.1, 0.15) is 12.8 Å². The van der Waals surface area contributed by atoms with Crippen LogP contribution in [0.25, 0.3) is 0 Å². The van der Waals surface area contributed by atoms with Crippen LogP contribution in [0.15, 0.2) is 18.2 Å². The monoisotopic (exact) mass is 351 g/mol. The van der Waals surface area contributed by atoms with Gasteiger partial charge in [-0.1, -0.05) is 0 Å². The van der Waals surface area contributed by atoms with Crippen molar-refractivity contribution < 1.29 is 23.8 Å². The average Bonchev–Trinajstić information content (AvgIpc) is 2.65. The molecular formula is C17H25N3O5. The molecule has 8 heteroatoms. The minimum atomic E-state index is -0.631. The maximum atomic E-state index is 12.1. The quantitative estimate of drug-likeness (QED) is 0.660. The fraction of sp³-hybridized carbons (Fsp3) is 0.529. The number of ether oxygens (including phenoxy) is 3. The van der Waals surface area contributed by atoms with Gasteiger partial charge in [0.05, 0.1) is 26.8 Å². The van der Waals surface area contributed by atoms with Gasteiger partial charge in [-0.15, -0.1) is 0 Å². The molecule has 25 heavy (non-hydrogen) atoms. The molecule has 1 saturated heterocycles. The summed E-state index contributed by atoms with van der Waals surface area (Å²) < 4.78 is 15.6. The second-order valence-corrected chi connectivity index (χ2v) is 5.84. The number of carbonyl (C=O) groups excluding carboxylic acids is 2. The van der Waals surface area contributed by atoms with Gasteiger partial charge < -0.3 is 30.6 Å². The van der Waals surface area contributed by atoms with E-state index in [0.29, 0.717) is 30.4 Å². The van der Waals surface area contributed by atoms with E-state index in [1.54, 1.807) is 18.2 Å². The Morgan fingerprint density at radius 1 is 1.20 bits per heavy atom. The smallest absolute Gasteiger partial charge is 0.243 e. The predicted octanol–water partition coefficient (Wildman–Crippen LogP) is 0.512. The molecule has 1 aliphatic heterocycles. The third-order valence-corrected chi connectivity index (χ3v) is 4.13. The van der Waals surface area contributed by atoms with Gasteiger partial charge in [0.25, 0.3) is 0 Å². The highest BCUT2D eigenvalue weighted by atomic mass is 16.5. The second kappa shape index (κ2) is 9.24. The number of hydrogen-bond donors (Lipinski definition) is 3. The first kappa shape index (κ1) is 19.0. The van der Waals surface area contributed by atoms with E-state index >= 15 is 0 Å². The van der Waals surface area contributed by atoms with Crippen molar-refractivity contribution in [3.05, 3.63) is 18.2 Å². The summed E-state index contributed by atoms with van der Waals surface area (Å²) in [5.74, 6) is 0.507. The molecule has 1 unspecified atom stereocenters. The average molecular weight is 351 g/mol. The van der Waals surface area contributed by atoms with Crippen molar-refractivity contribution in [1.29, 1.82) is 0 Å². The molecule has 138 valence electrons. The van der Waals surface area contributed by atoms with Gasteiger partial charge in [0.2, 0.25) is 11.8 Å². The summed E-state index contributed by atoms with van der Waals surface area (Å²) in [5.41, 5.74) is 6.49. The second-order valence-electron chi connectivity index (χ2n) is 5.84. The minimum absolute atomic E-state index is 0.0828. The first-order chi connectivity index (χ1) is 12.0. The molecule has 0 radical (unpaired) electrons. The van der Waals surface area contributed by atoms with Crippen molar-refractivity contribution in [1.82, 2.24) is 5.32 Å². The maximum Gasteiger partial charge on any atom is 0.243 e. The van der Waals surface area contributed by atoms with Crippen molar-refractivity contribution in [2.75, 3.05) is 39.3 Å². The summed E-state index contributed by atoms with van der Waals surface area (Å²) in [7, 11) is 3.05. The molecule has 1 heterocycles. The third kappa shape index (κ3) is 5.61. The molecule has 1 fully saturated rings. The van der Waals surface area contributed by atoms with Crippen molar-refractivity contribution in [2.24, 2.45) is 11.7 Å². The van der Waals surface area contributed by atoms with Crippen LogP contribution in [0.3, 0.4) is 0 Å². The van der Waals surface area contributed by atoms with E-state index in [-0.39, 0.29) is 24.3 Å². The van der Waals surface area contributed by atoms with Crippen LogP contribution < -0.4 is 25.8 Å². The Kier molecular flexibility index (Phi) is 7.03. The highest BCUT2D eigenvalue weighted by Crippen LogP contribution is 2.25. The molecule has 8 nitrogen and oxygen atoms in total. The normalized spacial score (nSPS) is 16.0. The Hall–Kier alpha value is -2.32. The molecule has 1 aromatic rings. The zero-order chi connectivity index (χ0) is 18.2. The Morgan fingerprint density at radius 3 is 2.36 bits per heavy atom. The van der Waals surface area contributed by atoms with Crippen LogP contribution in [0.4, 0.5) is 5.69 Å². The summed E-state index contributed by atoms with van der Waals surface area (Å²) in [4.78, 5) is 24.1. The van der Waals surface area contributed by atoms with E-state index < -0.39 is 6.04 Å². The summed E-state index contributed by atoms with van der Waals surface area (Å²) in [6.07, 6.45) is 1.51. The Balaban J connectivity index is 1.84. The maximum absolute atomic E-state index is 12.1. The molecule has 2 rings (SSSR count). The molecule has 1 atom stereocenters. The van der Waals surface area contributed by atoms with E-state index in [4.69, 9.17) is 19.9 Å². The van der Waals surface area contributed by atoms with Gasteiger partial charge in [-0.05, 0) is 18.8 Å². The number of anilines is 1. The molecule has 1 aliphatic rings. The van der Waals surface area contributed by atoms with Crippen molar-refractivity contribution in [3.8, 4) is 11.5 Å². The topological polar surface area (TPSA) is 112 Å². The summed E-state index contributed by atoms with van der Waals surface area (Å²) in [6, 6.07) is 4.39. The predicted molar refractivity (Wildman–Crippen MR) is 92.7 cm³/mol. The first-order valence-corrected chi connectivity index (χ1v) is 8.17. The summed E-state index contributed by atoms with van der Waals surface area (Å²) >= 11 is 0. The van der Waals surface area contributed by atoms with Gasteiger partial charge in [0, 0.05) is 37.1 Å². The number of hydrogen-bond acceptors (Lipinski definition) is 6. The van der Waals surface area contributed by atoms with Crippen LogP contribution in [0, 0.1) is 5.92 Å². The Morgan fingerprint density at radius 2 is 1.80 bits per heavy atom. The lowest BCUT2D eigenvalue weighted by atomic mass is 9.92. The van der Waals surface area contributed by atoms with Gasteiger partial charge >= 0.3 is 0 Å². The number of nitrogens with two attached hydrogens (primary N) is 1. The number of methoxy groups -OCH3 is 2. The lowest BCUT2D eigenvalue weighted by Gasteiger charge is -2.26. The Labute approximate surface area is 147 Å². The highest BCUT2D eigenvalue weighted by molar-refractivity contribution is 5.95. The lowest BCUT2D eigenvalue weighted by Crippen LogP contribution is -2.48. The molecule has 2 amide bonds. The molecule has 4 N–H and O–H groups in total. The first-order valence-electron chi connectivity index (χ1n) is 8.17. The summed E-state index contributed by atoms with van der Waals surface area (Å²) in [5, 5.41) is 5.27. The molecule has 0 bridgehead atoms. The molecule has 0 saturated carbocycles. The van der Waals surface area contributed by atoms with Crippen LogP contribution in [0.2, 0.25) is 0 Å². The number of benzene rings is 1. The van der Waals surface area contributed by atoms with Crippen molar-refractivity contribution >= 4 is 17.5 Å². The summed E-state index contributed by atoms with van der Waals surface area (Å²) in [6.45, 7) is 1.07. The number of carbonyl (C=O) groups is 2. The van der Waals surface area contributed by atoms with Crippen LogP contribution in [-0.4, -0.2) is 51.8 Å². The van der Waals surface area contributed by atoms with E-state index in [0.717, 1.165) is 12.8 Å². The lowest BCUT2D eigenvalue weighted by molar-refractivity contribution is -0.126. The molecule has 0 spiro atoms. The van der Waals surface area contributed by atoms with Crippen LogP contribution >= 0.6 is 0 Å². The fourth-order valence-corrected chi connectivity index (χ4v) is 2.66. The molecule has 0 aromatic heterocycles. The largest absolute Gasteiger partial charge is 0.497 e. The van der Waals surface area contributed by atoms with Crippen LogP contribution in [0.5, 0.6) is 11.5 Å². The zero-order valence-electron chi connectivity index (χ0n) is 14.5. The van der Waals surface area contributed by atoms with Gasteiger partial charge in [0.15, 0.2) is 0 Å². The van der Waals surface area contributed by atoms with Crippen molar-refractivity contribution in [3.63, 3.8) is 0 Å². The highest BCUT2D eigenvalue weighted by Gasteiger charge is 2.26. The zero-order valence-corrected chi connectivity index (χ0v) is 14.5. The standard InChI is InChI=1S/C17H25N3O5/c1-23-13-7-12(8-14(9-13)24-2)20-15(21)10-19-17(22)16(18)11-3-5-25-6-4-11/h7-9,11,16H,3-6,10,18H2,1-2H3,(H,19,22)(H,20,21). The van der Waals surface area contributed by atoms with Crippen molar-refractivity contribution in [2.45, 2.75) is 18.9 Å². The SMILES string of the molecule is COc1cc(NC(=O)CNC(=O)C(N)C2CCOCC2)cc(OC)c1. The molecule has 0 aliphatic carbocycles. The van der Waals surface area contributed by atoms with E-state index in [1.807, 2.05) is 0 Å². The van der Waals surface area contributed by atoms with E-state index in [9.17, 15) is 9.59 Å². The minimum Gasteiger partial charge on any atom is -0.497 e. The van der Waals surface area contributed by atoms with Gasteiger partial charge in [-0.2, -0.15) is 0 Å². The van der Waals surface area contributed by atoms with E-state index in [1.165, 1.54) is 14.2 Å². The van der Waals surface area contributed by atoms with Gasteiger partial charge in [-0.25, -0.2) is 0 Å². The van der Waals surface area contributed by atoms with Gasteiger partial charge in [0.1, 0.15) is 11.5 Å². The molecule has 1 aromatic carbocycles.